The Kier molecular flexibility index (Phi) is 4.58. The molecule has 0 amide bonds. The first kappa shape index (κ1) is 16.1. The number of hydrogen-bond donors (Lipinski definition) is 1. The molecule has 5 heteroatoms. The highest BCUT2D eigenvalue weighted by atomic mass is 35.5. The molecule has 0 bridgehead atoms. The Morgan fingerprint density at radius 1 is 1.29 bits per heavy atom. The largest absolute Gasteiger partial charge is 0.503 e. The molecule has 0 unspecified atom stereocenters. The van der Waals surface area contributed by atoms with E-state index in [0.717, 1.165) is 5.39 Å². The van der Waals surface area contributed by atoms with Gasteiger partial charge >= 0.3 is 0 Å². The van der Waals surface area contributed by atoms with E-state index < -0.39 is 0 Å². The van der Waals surface area contributed by atoms with E-state index in [0.29, 0.717) is 17.8 Å². The first-order chi connectivity index (χ1) is 11.6. The van der Waals surface area contributed by atoms with Crippen molar-refractivity contribution in [2.75, 3.05) is 6.61 Å². The van der Waals surface area contributed by atoms with Gasteiger partial charge in [0.2, 0.25) is 5.78 Å². The molecule has 4 nitrogen and oxygen atoms in total. The van der Waals surface area contributed by atoms with Crippen molar-refractivity contribution in [2.45, 2.75) is 6.92 Å². The van der Waals surface area contributed by atoms with Gasteiger partial charge in [0.05, 0.1) is 11.6 Å². The number of benzene rings is 2. The molecule has 3 rings (SSSR count). The summed E-state index contributed by atoms with van der Waals surface area (Å²) in [5.74, 6) is 0.177. The van der Waals surface area contributed by atoms with Crippen LogP contribution in [0.5, 0.6) is 11.5 Å². The average Bonchev–Trinajstić information content (AvgIpc) is 3.01. The Bertz CT molecular complexity index is 891. The lowest BCUT2D eigenvalue weighted by molar-refractivity contribution is 0.102. The lowest BCUT2D eigenvalue weighted by atomic mass is 10.1. The molecule has 0 aliphatic rings. The maximum absolute atomic E-state index is 12.3. The monoisotopic (exact) mass is 342 g/mol. The van der Waals surface area contributed by atoms with Crippen molar-refractivity contribution in [1.29, 1.82) is 0 Å². The molecule has 122 valence electrons. The van der Waals surface area contributed by atoms with Gasteiger partial charge < -0.3 is 14.3 Å². The normalized spacial score (nSPS) is 11.2. The third kappa shape index (κ3) is 3.29. The highest BCUT2D eigenvalue weighted by molar-refractivity contribution is 6.32. The molecule has 0 saturated heterocycles. The number of furan rings is 1. The lowest BCUT2D eigenvalue weighted by Gasteiger charge is -2.08. The fraction of sp³-hybridized carbons (Fsp3) is 0.105. The van der Waals surface area contributed by atoms with Crippen LogP contribution in [0.3, 0.4) is 0 Å². The van der Waals surface area contributed by atoms with Crippen molar-refractivity contribution in [3.05, 3.63) is 64.9 Å². The Morgan fingerprint density at radius 3 is 2.83 bits per heavy atom. The van der Waals surface area contributed by atoms with Crippen molar-refractivity contribution < 1.29 is 19.1 Å². The zero-order valence-electron chi connectivity index (χ0n) is 13.0. The lowest BCUT2D eigenvalue weighted by Crippen LogP contribution is -1.93. The van der Waals surface area contributed by atoms with Crippen LogP contribution in [-0.2, 0) is 0 Å². The van der Waals surface area contributed by atoms with Gasteiger partial charge in [-0.25, -0.2) is 0 Å². The number of carbonyl (C=O) groups is 1. The number of para-hydroxylation sites is 1. The van der Waals surface area contributed by atoms with Crippen LogP contribution in [-0.4, -0.2) is 17.5 Å². The number of phenolic OH excluding ortho intramolecular Hbond substituents is 1. The number of allylic oxidation sites excluding steroid dienone is 1. The van der Waals surface area contributed by atoms with Gasteiger partial charge in [0.1, 0.15) is 5.58 Å². The van der Waals surface area contributed by atoms with E-state index in [9.17, 15) is 9.90 Å². The molecule has 24 heavy (non-hydrogen) atoms. The number of aromatic hydroxyl groups is 1. The number of rotatable bonds is 5. The second kappa shape index (κ2) is 6.81. The van der Waals surface area contributed by atoms with E-state index in [4.69, 9.17) is 20.8 Å². The molecule has 0 atom stereocenters. The highest BCUT2D eigenvalue weighted by Crippen LogP contribution is 2.35. The van der Waals surface area contributed by atoms with Crippen LogP contribution in [0.15, 0.2) is 53.0 Å². The smallest absolute Gasteiger partial charge is 0.221 e. The van der Waals surface area contributed by atoms with E-state index in [2.05, 4.69) is 0 Å². The quantitative estimate of drug-likeness (QED) is 0.518. The number of phenols is 1. The van der Waals surface area contributed by atoms with Crippen molar-refractivity contribution in [2.24, 2.45) is 0 Å². The van der Waals surface area contributed by atoms with Crippen LogP contribution in [0.2, 0.25) is 5.02 Å². The summed E-state index contributed by atoms with van der Waals surface area (Å²) in [5.41, 5.74) is 1.31. The summed E-state index contributed by atoms with van der Waals surface area (Å²) in [5, 5.41) is 10.9. The molecule has 1 heterocycles. The summed E-state index contributed by atoms with van der Waals surface area (Å²) in [6, 6.07) is 12.3. The molecule has 2 aromatic carbocycles. The van der Waals surface area contributed by atoms with Crippen LogP contribution in [0.4, 0.5) is 0 Å². The predicted octanol–water partition coefficient (Wildman–Crippen LogP) is 5.09. The van der Waals surface area contributed by atoms with E-state index in [1.54, 1.807) is 31.2 Å². The fourth-order valence-corrected chi connectivity index (χ4v) is 2.53. The van der Waals surface area contributed by atoms with Crippen molar-refractivity contribution in [1.82, 2.24) is 0 Å². The molecule has 3 aromatic rings. The Labute approximate surface area is 143 Å². The van der Waals surface area contributed by atoms with E-state index in [1.807, 2.05) is 24.3 Å². The minimum atomic E-state index is -0.256. The average molecular weight is 343 g/mol. The SMILES string of the molecule is CCOc1cc(/C=C/C(=O)c2cc3ccccc3o2)cc(Cl)c1O. The van der Waals surface area contributed by atoms with Gasteiger partial charge in [-0.3, -0.25) is 4.79 Å². The minimum absolute atomic E-state index is 0.112. The summed E-state index contributed by atoms with van der Waals surface area (Å²) >= 11 is 5.97. The molecule has 0 radical (unpaired) electrons. The molecular formula is C19H15ClO4. The second-order valence-corrected chi connectivity index (χ2v) is 5.54. The van der Waals surface area contributed by atoms with Crippen LogP contribution in [0.1, 0.15) is 23.0 Å². The number of ketones is 1. The maximum Gasteiger partial charge on any atom is 0.221 e. The summed E-state index contributed by atoms with van der Waals surface area (Å²) in [6.07, 6.45) is 3.00. The summed E-state index contributed by atoms with van der Waals surface area (Å²) in [4.78, 5) is 12.3. The first-order valence-corrected chi connectivity index (χ1v) is 7.82. The van der Waals surface area contributed by atoms with Gasteiger partial charge in [-0.2, -0.15) is 0 Å². The van der Waals surface area contributed by atoms with Gasteiger partial charge in [-0.05, 0) is 42.8 Å². The third-order valence-corrected chi connectivity index (χ3v) is 3.73. The zero-order valence-corrected chi connectivity index (χ0v) is 13.7. The van der Waals surface area contributed by atoms with Crippen LogP contribution in [0.25, 0.3) is 17.0 Å². The number of hydrogen-bond acceptors (Lipinski definition) is 4. The third-order valence-electron chi connectivity index (χ3n) is 3.45. The van der Waals surface area contributed by atoms with E-state index in [-0.39, 0.29) is 28.1 Å². The van der Waals surface area contributed by atoms with Crippen molar-refractivity contribution in [3.63, 3.8) is 0 Å². The summed E-state index contributed by atoms with van der Waals surface area (Å²) in [6.45, 7) is 2.20. The molecular weight excluding hydrogens is 328 g/mol. The Hall–Kier alpha value is -2.72. The van der Waals surface area contributed by atoms with Gasteiger partial charge in [0.25, 0.3) is 0 Å². The molecule has 0 saturated carbocycles. The summed E-state index contributed by atoms with van der Waals surface area (Å²) < 4.78 is 10.8. The molecule has 1 N–H and O–H groups in total. The van der Waals surface area contributed by atoms with Crippen molar-refractivity contribution in [3.8, 4) is 11.5 Å². The molecule has 0 aliphatic carbocycles. The Morgan fingerprint density at radius 2 is 2.08 bits per heavy atom. The predicted molar refractivity (Wildman–Crippen MR) is 93.9 cm³/mol. The topological polar surface area (TPSA) is 59.7 Å². The van der Waals surface area contributed by atoms with Gasteiger partial charge in [-0.15, -0.1) is 0 Å². The zero-order chi connectivity index (χ0) is 17.1. The van der Waals surface area contributed by atoms with Crippen molar-refractivity contribution >= 4 is 34.4 Å². The minimum Gasteiger partial charge on any atom is -0.503 e. The fourth-order valence-electron chi connectivity index (χ4n) is 2.31. The van der Waals surface area contributed by atoms with Gasteiger partial charge in [0.15, 0.2) is 17.3 Å². The van der Waals surface area contributed by atoms with Crippen LogP contribution < -0.4 is 4.74 Å². The number of halogens is 1. The van der Waals surface area contributed by atoms with Crippen LogP contribution >= 0.6 is 11.6 Å². The van der Waals surface area contributed by atoms with Gasteiger partial charge in [0, 0.05) is 5.39 Å². The van der Waals surface area contributed by atoms with Gasteiger partial charge in [-0.1, -0.05) is 35.9 Å². The van der Waals surface area contributed by atoms with E-state index in [1.165, 1.54) is 6.08 Å². The Balaban J connectivity index is 1.85. The summed E-state index contributed by atoms with van der Waals surface area (Å²) in [7, 11) is 0. The standard InChI is InChI=1S/C19H15ClO4/c1-2-23-18-10-12(9-14(20)19(18)22)7-8-15(21)17-11-13-5-3-4-6-16(13)24-17/h3-11,22H,2H2,1H3/b8-7+. The second-order valence-electron chi connectivity index (χ2n) is 5.13. The highest BCUT2D eigenvalue weighted by Gasteiger charge is 2.11. The molecule has 1 aromatic heterocycles. The molecule has 0 fully saturated rings. The number of fused-ring (bicyclic) bond motifs is 1. The number of carbonyl (C=O) groups excluding carboxylic acids is 1. The van der Waals surface area contributed by atoms with E-state index >= 15 is 0 Å². The maximum atomic E-state index is 12.3. The molecule has 0 aliphatic heterocycles. The first-order valence-electron chi connectivity index (χ1n) is 7.44. The molecule has 0 spiro atoms. The number of ether oxygens (including phenoxy) is 1. The van der Waals surface area contributed by atoms with Crippen LogP contribution in [0, 0.1) is 0 Å².